The van der Waals surface area contributed by atoms with E-state index in [0.717, 1.165) is 16.1 Å². The van der Waals surface area contributed by atoms with Crippen LogP contribution in [0.5, 0.6) is 5.75 Å². The monoisotopic (exact) mass is 456 g/mol. The van der Waals surface area contributed by atoms with Gasteiger partial charge in [-0.25, -0.2) is 12.8 Å². The van der Waals surface area contributed by atoms with Crippen molar-refractivity contribution in [3.05, 3.63) is 95.3 Å². The van der Waals surface area contributed by atoms with Gasteiger partial charge in [-0.05, 0) is 54.4 Å². The molecule has 0 aliphatic carbocycles. The van der Waals surface area contributed by atoms with Crippen LogP contribution in [0.3, 0.4) is 0 Å². The fraction of sp³-hybridized carbons (Fsp3) is 0.208. The summed E-state index contributed by atoms with van der Waals surface area (Å²) in [6.07, 6.45) is 1.77. The zero-order valence-corrected chi connectivity index (χ0v) is 18.7. The SMILES string of the molecule is COc1ccc(C(=O)NCCc2ccccc2)cc1CN(c1ccc(F)cc1)S(C)(=O)=O. The molecule has 0 fully saturated rings. The molecule has 3 aromatic carbocycles. The summed E-state index contributed by atoms with van der Waals surface area (Å²) in [4.78, 5) is 12.7. The second kappa shape index (κ2) is 10.3. The number of benzene rings is 3. The van der Waals surface area contributed by atoms with Crippen molar-refractivity contribution in [1.29, 1.82) is 0 Å². The van der Waals surface area contributed by atoms with E-state index in [1.807, 2.05) is 30.3 Å². The molecule has 0 unspecified atom stereocenters. The first kappa shape index (κ1) is 23.3. The Morgan fingerprint density at radius 2 is 1.72 bits per heavy atom. The number of nitrogens with one attached hydrogen (secondary N) is 1. The summed E-state index contributed by atoms with van der Waals surface area (Å²) in [5.74, 6) is -0.284. The molecule has 0 spiro atoms. The van der Waals surface area contributed by atoms with E-state index in [0.29, 0.717) is 35.5 Å². The minimum Gasteiger partial charge on any atom is -0.496 e. The van der Waals surface area contributed by atoms with Crippen LogP contribution in [-0.2, 0) is 23.0 Å². The lowest BCUT2D eigenvalue weighted by atomic mass is 10.1. The van der Waals surface area contributed by atoms with Gasteiger partial charge in [-0.2, -0.15) is 0 Å². The molecule has 0 heterocycles. The molecule has 3 rings (SSSR count). The topological polar surface area (TPSA) is 75.7 Å². The molecule has 0 aliphatic rings. The highest BCUT2D eigenvalue weighted by molar-refractivity contribution is 7.92. The van der Waals surface area contributed by atoms with Crippen LogP contribution >= 0.6 is 0 Å². The van der Waals surface area contributed by atoms with Crippen LogP contribution in [0.15, 0.2) is 72.8 Å². The third kappa shape index (κ3) is 6.07. The second-order valence-corrected chi connectivity index (χ2v) is 9.17. The molecule has 6 nitrogen and oxygen atoms in total. The Hall–Kier alpha value is -3.39. The van der Waals surface area contributed by atoms with Crippen LogP contribution in [0.25, 0.3) is 0 Å². The largest absolute Gasteiger partial charge is 0.496 e. The lowest BCUT2D eigenvalue weighted by Crippen LogP contribution is -2.30. The number of carbonyl (C=O) groups is 1. The van der Waals surface area contributed by atoms with Crippen LogP contribution in [0.4, 0.5) is 10.1 Å². The molecule has 3 aromatic rings. The Kier molecular flexibility index (Phi) is 7.48. The van der Waals surface area contributed by atoms with Gasteiger partial charge < -0.3 is 10.1 Å². The van der Waals surface area contributed by atoms with E-state index in [9.17, 15) is 17.6 Å². The molecule has 0 saturated heterocycles. The van der Waals surface area contributed by atoms with Crippen molar-refractivity contribution >= 4 is 21.6 Å². The number of nitrogens with zero attached hydrogens (tertiary/aromatic N) is 1. The van der Waals surface area contributed by atoms with Crippen LogP contribution in [0, 0.1) is 5.82 Å². The molecule has 0 aliphatic heterocycles. The maximum absolute atomic E-state index is 13.3. The number of sulfonamides is 1. The molecule has 0 radical (unpaired) electrons. The zero-order valence-electron chi connectivity index (χ0n) is 17.9. The third-order valence-corrected chi connectivity index (χ3v) is 6.05. The summed E-state index contributed by atoms with van der Waals surface area (Å²) < 4.78 is 44.7. The molecule has 168 valence electrons. The van der Waals surface area contributed by atoms with Gasteiger partial charge in [-0.3, -0.25) is 9.10 Å². The molecule has 0 saturated carbocycles. The lowest BCUT2D eigenvalue weighted by molar-refractivity contribution is 0.0954. The van der Waals surface area contributed by atoms with Crippen molar-refractivity contribution in [3.63, 3.8) is 0 Å². The summed E-state index contributed by atoms with van der Waals surface area (Å²) in [5, 5.41) is 2.88. The van der Waals surface area contributed by atoms with Crippen molar-refractivity contribution < 1.29 is 22.3 Å². The minimum absolute atomic E-state index is 0.0707. The molecule has 1 N–H and O–H groups in total. The van der Waals surface area contributed by atoms with Gasteiger partial charge in [0, 0.05) is 17.7 Å². The van der Waals surface area contributed by atoms with E-state index >= 15 is 0 Å². The normalized spacial score (nSPS) is 11.1. The standard InChI is InChI=1S/C24H25FN2O4S/c1-31-23-13-8-19(24(28)26-15-14-18-6-4-3-5-7-18)16-20(23)17-27(32(2,29)30)22-11-9-21(25)10-12-22/h3-13,16H,14-15,17H2,1-2H3,(H,26,28). The van der Waals surface area contributed by atoms with Gasteiger partial charge in [0.15, 0.2) is 0 Å². The molecule has 0 bridgehead atoms. The van der Waals surface area contributed by atoms with Crippen molar-refractivity contribution in [2.45, 2.75) is 13.0 Å². The quantitative estimate of drug-likeness (QED) is 0.532. The van der Waals surface area contributed by atoms with Gasteiger partial charge in [0.2, 0.25) is 10.0 Å². The number of hydrogen-bond acceptors (Lipinski definition) is 4. The molecule has 0 atom stereocenters. The third-order valence-electron chi connectivity index (χ3n) is 4.91. The number of carbonyl (C=O) groups excluding carboxylic acids is 1. The number of rotatable bonds is 9. The van der Waals surface area contributed by atoms with Crippen molar-refractivity contribution in [1.82, 2.24) is 5.32 Å². The maximum Gasteiger partial charge on any atom is 0.251 e. The number of hydrogen-bond donors (Lipinski definition) is 1. The van der Waals surface area contributed by atoms with Crippen molar-refractivity contribution in [2.24, 2.45) is 0 Å². The molecule has 0 aromatic heterocycles. The summed E-state index contributed by atoms with van der Waals surface area (Å²) in [5.41, 5.74) is 2.33. The van der Waals surface area contributed by atoms with E-state index in [4.69, 9.17) is 4.74 Å². The molecular weight excluding hydrogens is 431 g/mol. The smallest absolute Gasteiger partial charge is 0.251 e. The summed E-state index contributed by atoms with van der Waals surface area (Å²) in [7, 11) is -2.20. The summed E-state index contributed by atoms with van der Waals surface area (Å²) in [6, 6.07) is 19.9. The highest BCUT2D eigenvalue weighted by atomic mass is 32.2. The Morgan fingerprint density at radius 1 is 1.03 bits per heavy atom. The Balaban J connectivity index is 1.80. The van der Waals surface area contributed by atoms with Crippen LogP contribution < -0.4 is 14.4 Å². The first-order valence-electron chi connectivity index (χ1n) is 10.0. The fourth-order valence-corrected chi connectivity index (χ4v) is 4.15. The second-order valence-electron chi connectivity index (χ2n) is 7.26. The number of amides is 1. The van der Waals surface area contributed by atoms with Crippen LogP contribution in [-0.4, -0.2) is 34.2 Å². The minimum atomic E-state index is -3.68. The average molecular weight is 457 g/mol. The van der Waals surface area contributed by atoms with E-state index in [1.165, 1.54) is 31.4 Å². The summed E-state index contributed by atoms with van der Waals surface area (Å²) >= 11 is 0. The first-order chi connectivity index (χ1) is 15.3. The predicted octanol–water partition coefficient (Wildman–Crippen LogP) is 3.77. The average Bonchev–Trinajstić information content (AvgIpc) is 2.78. The summed E-state index contributed by atoms with van der Waals surface area (Å²) in [6.45, 7) is 0.397. The van der Waals surface area contributed by atoms with Gasteiger partial charge in [0.25, 0.3) is 5.91 Å². The van der Waals surface area contributed by atoms with E-state index < -0.39 is 15.8 Å². The van der Waals surface area contributed by atoms with Gasteiger partial charge in [0.1, 0.15) is 11.6 Å². The van der Waals surface area contributed by atoms with Gasteiger partial charge >= 0.3 is 0 Å². The van der Waals surface area contributed by atoms with Gasteiger partial charge in [-0.15, -0.1) is 0 Å². The number of methoxy groups -OCH3 is 1. The van der Waals surface area contributed by atoms with E-state index in [-0.39, 0.29) is 12.5 Å². The number of ether oxygens (including phenoxy) is 1. The van der Waals surface area contributed by atoms with Crippen LogP contribution in [0.1, 0.15) is 21.5 Å². The Bertz CT molecular complexity index is 1170. The molecule has 8 heteroatoms. The van der Waals surface area contributed by atoms with Gasteiger partial charge in [-0.1, -0.05) is 30.3 Å². The Morgan fingerprint density at radius 3 is 2.34 bits per heavy atom. The van der Waals surface area contributed by atoms with Gasteiger partial charge in [0.05, 0.1) is 25.6 Å². The molecule has 32 heavy (non-hydrogen) atoms. The predicted molar refractivity (Wildman–Crippen MR) is 123 cm³/mol. The van der Waals surface area contributed by atoms with Crippen molar-refractivity contribution in [2.75, 3.05) is 24.2 Å². The zero-order chi connectivity index (χ0) is 23.1. The highest BCUT2D eigenvalue weighted by Gasteiger charge is 2.21. The van der Waals surface area contributed by atoms with E-state index in [2.05, 4.69) is 5.32 Å². The molecule has 1 amide bonds. The maximum atomic E-state index is 13.3. The lowest BCUT2D eigenvalue weighted by Gasteiger charge is -2.24. The fourth-order valence-electron chi connectivity index (χ4n) is 3.27. The van der Waals surface area contributed by atoms with Crippen LogP contribution in [0.2, 0.25) is 0 Å². The highest BCUT2D eigenvalue weighted by Crippen LogP contribution is 2.26. The molecular formula is C24H25FN2O4S. The first-order valence-corrected chi connectivity index (χ1v) is 11.8. The number of halogens is 1. The van der Waals surface area contributed by atoms with Crippen molar-refractivity contribution in [3.8, 4) is 5.75 Å². The Labute approximate surface area is 187 Å². The van der Waals surface area contributed by atoms with E-state index in [1.54, 1.807) is 18.2 Å². The number of anilines is 1.